The van der Waals surface area contributed by atoms with Crippen molar-refractivity contribution in [3.8, 4) is 5.75 Å². The zero-order valence-electron chi connectivity index (χ0n) is 23.4. The molecule has 0 spiro atoms. The van der Waals surface area contributed by atoms with Crippen LogP contribution in [0.4, 0.5) is 22.0 Å². The van der Waals surface area contributed by atoms with E-state index in [4.69, 9.17) is 4.74 Å². The Morgan fingerprint density at radius 3 is 2.02 bits per heavy atom. The van der Waals surface area contributed by atoms with E-state index in [-0.39, 0.29) is 5.92 Å². The van der Waals surface area contributed by atoms with Gasteiger partial charge in [0.15, 0.2) is 0 Å². The number of ether oxygens (including phenoxy) is 1. The van der Waals surface area contributed by atoms with Crippen LogP contribution in [0.3, 0.4) is 0 Å². The Morgan fingerprint density at radius 2 is 1.43 bits per heavy atom. The summed E-state index contributed by atoms with van der Waals surface area (Å²) in [5.41, 5.74) is 0.0125. The molecule has 0 N–H and O–H groups in total. The van der Waals surface area contributed by atoms with Gasteiger partial charge < -0.3 is 4.74 Å². The zero-order valence-corrected chi connectivity index (χ0v) is 23.4. The van der Waals surface area contributed by atoms with E-state index in [9.17, 15) is 22.0 Å². The van der Waals surface area contributed by atoms with Crippen molar-refractivity contribution in [3.05, 3.63) is 77.1 Å². The van der Waals surface area contributed by atoms with Crippen LogP contribution in [-0.2, 0) is 0 Å². The van der Waals surface area contributed by atoms with E-state index >= 15 is 0 Å². The number of allylic oxidation sites excluding steroid dienone is 2. The third-order valence-electron chi connectivity index (χ3n) is 8.61. The summed E-state index contributed by atoms with van der Waals surface area (Å²) in [6, 6.07) is 7.08. The Morgan fingerprint density at radius 1 is 0.800 bits per heavy atom. The molecule has 2 aliphatic rings. The molecule has 0 bridgehead atoms. The molecule has 2 aromatic rings. The van der Waals surface area contributed by atoms with Crippen molar-refractivity contribution in [2.75, 3.05) is 0 Å². The molecule has 40 heavy (non-hydrogen) atoms. The van der Waals surface area contributed by atoms with Gasteiger partial charge in [0.2, 0.25) is 0 Å². The van der Waals surface area contributed by atoms with E-state index in [1.54, 1.807) is 6.07 Å². The third kappa shape index (κ3) is 8.68. The fourth-order valence-corrected chi connectivity index (χ4v) is 6.12. The highest BCUT2D eigenvalue weighted by atomic mass is 19.3. The fraction of sp³-hybridized carbons (Fsp3) is 0.529. The lowest BCUT2D eigenvalue weighted by atomic mass is 9.78. The monoisotopic (exact) mass is 560 g/mol. The van der Waals surface area contributed by atoms with Crippen molar-refractivity contribution < 1.29 is 26.7 Å². The lowest BCUT2D eigenvalue weighted by Gasteiger charge is -2.32. The molecule has 2 aromatic carbocycles. The molecule has 2 fully saturated rings. The van der Waals surface area contributed by atoms with Crippen molar-refractivity contribution in [1.29, 1.82) is 0 Å². The number of alkyl halides is 2. The van der Waals surface area contributed by atoms with Crippen molar-refractivity contribution in [2.45, 2.75) is 90.1 Å². The predicted molar refractivity (Wildman–Crippen MR) is 151 cm³/mol. The molecule has 0 atom stereocenters. The standard InChI is InChI=1S/C34H41F5O/c1-2-3-4-6-24-9-11-25(12-10-24)13-14-26-15-18-28(19-16-26)34(38,39)40-30-22-32(36)31(33(37)23-30)20-17-27-7-5-8-29(35)21-27/h5,7-8,13-14,17,20-26,28H,2-4,6,9-12,15-16,18-19H2,1H3/b14-13+,20-17+. The van der Waals surface area contributed by atoms with Crippen LogP contribution in [0.15, 0.2) is 48.6 Å². The average molecular weight is 561 g/mol. The maximum absolute atomic E-state index is 15.0. The molecule has 6 heteroatoms. The van der Waals surface area contributed by atoms with Gasteiger partial charge in [-0.15, -0.1) is 0 Å². The molecular formula is C34H41F5O. The third-order valence-corrected chi connectivity index (χ3v) is 8.61. The predicted octanol–water partition coefficient (Wildman–Crippen LogP) is 11.0. The van der Waals surface area contributed by atoms with Gasteiger partial charge in [0, 0.05) is 17.7 Å². The quantitative estimate of drug-likeness (QED) is 0.115. The maximum atomic E-state index is 15.0. The number of rotatable bonds is 11. The Hall–Kier alpha value is -2.63. The number of hydrogen-bond acceptors (Lipinski definition) is 1. The molecule has 0 aliphatic heterocycles. The lowest BCUT2D eigenvalue weighted by Crippen LogP contribution is -2.37. The van der Waals surface area contributed by atoms with Gasteiger partial charge in [0.1, 0.15) is 23.2 Å². The second-order valence-corrected chi connectivity index (χ2v) is 11.6. The fourth-order valence-electron chi connectivity index (χ4n) is 6.12. The summed E-state index contributed by atoms with van der Waals surface area (Å²) in [5.74, 6) is -2.33. The first kappa shape index (κ1) is 30.3. The summed E-state index contributed by atoms with van der Waals surface area (Å²) in [6.07, 6.45) is 15.7. The zero-order chi connectivity index (χ0) is 28.5. The summed E-state index contributed by atoms with van der Waals surface area (Å²) < 4.78 is 77.4. The Labute approximate surface area is 235 Å². The Kier molecular flexibility index (Phi) is 10.9. The van der Waals surface area contributed by atoms with Crippen LogP contribution in [0.5, 0.6) is 5.75 Å². The van der Waals surface area contributed by atoms with Gasteiger partial charge in [-0.2, -0.15) is 8.78 Å². The van der Waals surface area contributed by atoms with Crippen LogP contribution in [-0.4, -0.2) is 6.11 Å². The van der Waals surface area contributed by atoms with E-state index in [2.05, 4.69) is 19.1 Å². The molecule has 0 aromatic heterocycles. The summed E-state index contributed by atoms with van der Waals surface area (Å²) in [4.78, 5) is 0. The highest BCUT2D eigenvalue weighted by molar-refractivity contribution is 5.70. The normalized spacial score (nSPS) is 24.1. The number of unbranched alkanes of at least 4 members (excludes halogenated alkanes) is 2. The van der Waals surface area contributed by atoms with Crippen molar-refractivity contribution in [1.82, 2.24) is 0 Å². The van der Waals surface area contributed by atoms with Gasteiger partial charge in [-0.3, -0.25) is 0 Å². The molecule has 1 nitrogen and oxygen atoms in total. The average Bonchev–Trinajstić information content (AvgIpc) is 2.92. The SMILES string of the molecule is CCCCCC1CCC(/C=C/C2CCC(C(F)(F)Oc3cc(F)c(/C=C/c4cccc(F)c4)c(F)c3)CC2)CC1. The molecule has 218 valence electrons. The number of benzene rings is 2. The molecule has 0 heterocycles. The molecule has 0 unspecified atom stereocenters. The van der Waals surface area contributed by atoms with Crippen molar-refractivity contribution in [3.63, 3.8) is 0 Å². The van der Waals surface area contributed by atoms with Crippen molar-refractivity contribution in [2.24, 2.45) is 23.7 Å². The van der Waals surface area contributed by atoms with Crippen LogP contribution in [0.2, 0.25) is 0 Å². The van der Waals surface area contributed by atoms with E-state index in [0.29, 0.717) is 37.2 Å². The number of halogens is 5. The lowest BCUT2D eigenvalue weighted by molar-refractivity contribution is -0.223. The van der Waals surface area contributed by atoms with E-state index in [1.807, 2.05) is 0 Å². The molecule has 4 rings (SSSR count). The van der Waals surface area contributed by atoms with Gasteiger partial charge in [0.25, 0.3) is 0 Å². The van der Waals surface area contributed by atoms with E-state index < -0.39 is 40.8 Å². The molecule has 2 saturated carbocycles. The second kappa shape index (κ2) is 14.3. The summed E-state index contributed by atoms with van der Waals surface area (Å²) in [7, 11) is 0. The minimum atomic E-state index is -3.53. The van der Waals surface area contributed by atoms with Crippen LogP contribution in [0.1, 0.15) is 95.1 Å². The maximum Gasteiger partial charge on any atom is 0.400 e. The number of hydrogen-bond donors (Lipinski definition) is 0. The van der Waals surface area contributed by atoms with E-state index in [0.717, 1.165) is 24.1 Å². The van der Waals surface area contributed by atoms with Gasteiger partial charge in [-0.05, 0) is 92.9 Å². The molecule has 0 saturated heterocycles. The van der Waals surface area contributed by atoms with Crippen molar-refractivity contribution >= 4 is 12.2 Å². The van der Waals surface area contributed by atoms with Gasteiger partial charge in [-0.25, -0.2) is 13.2 Å². The smallest absolute Gasteiger partial charge is 0.400 e. The first-order valence-electron chi connectivity index (χ1n) is 14.9. The van der Waals surface area contributed by atoms with Crippen LogP contribution < -0.4 is 4.74 Å². The summed E-state index contributed by atoms with van der Waals surface area (Å²) >= 11 is 0. The van der Waals surface area contributed by atoms with Gasteiger partial charge in [0.05, 0.1) is 5.92 Å². The van der Waals surface area contributed by atoms with Crippen LogP contribution in [0, 0.1) is 41.1 Å². The highest BCUT2D eigenvalue weighted by Crippen LogP contribution is 2.41. The van der Waals surface area contributed by atoms with Gasteiger partial charge in [-0.1, -0.05) is 63.0 Å². The summed E-state index contributed by atoms with van der Waals surface area (Å²) in [6.45, 7) is 2.24. The Balaban J connectivity index is 1.26. The molecule has 2 aliphatic carbocycles. The minimum absolute atomic E-state index is 0.286. The van der Waals surface area contributed by atoms with Crippen LogP contribution >= 0.6 is 0 Å². The van der Waals surface area contributed by atoms with Crippen LogP contribution in [0.25, 0.3) is 12.2 Å². The first-order chi connectivity index (χ1) is 19.2. The Bertz CT molecular complexity index is 1120. The largest absolute Gasteiger partial charge is 0.432 e. The van der Waals surface area contributed by atoms with Gasteiger partial charge >= 0.3 is 6.11 Å². The molecule has 0 radical (unpaired) electrons. The minimum Gasteiger partial charge on any atom is -0.432 e. The highest BCUT2D eigenvalue weighted by Gasteiger charge is 2.44. The van der Waals surface area contributed by atoms with E-state index in [1.165, 1.54) is 75.6 Å². The molecular weight excluding hydrogens is 519 g/mol. The second-order valence-electron chi connectivity index (χ2n) is 11.6. The molecule has 0 amide bonds. The summed E-state index contributed by atoms with van der Waals surface area (Å²) in [5, 5.41) is 0. The topological polar surface area (TPSA) is 9.23 Å². The first-order valence-corrected chi connectivity index (χ1v) is 14.9.